The summed E-state index contributed by atoms with van der Waals surface area (Å²) in [5, 5.41) is 0. The normalized spacial score (nSPS) is 10.3. The molecule has 0 aliphatic rings. The third kappa shape index (κ3) is 7.03. The molecule has 0 aromatic rings. The quantitative estimate of drug-likeness (QED) is 0.522. The maximum atomic E-state index is 11.4. The summed E-state index contributed by atoms with van der Waals surface area (Å²) in [4.78, 5) is 22.7. The Morgan fingerprint density at radius 1 is 1.06 bits per heavy atom. The average Bonchev–Trinajstić information content (AvgIpc) is 2.25. The van der Waals surface area contributed by atoms with Crippen molar-refractivity contribution >= 4 is 21.5 Å². The van der Waals surface area contributed by atoms with Crippen LogP contribution in [0.1, 0.15) is 27.7 Å². The molecule has 6 heteroatoms. The Morgan fingerprint density at radius 2 is 1.44 bits per heavy atom. The lowest BCUT2D eigenvalue weighted by Gasteiger charge is -2.15. The molecule has 0 aromatic carbocycles. The molecule has 0 aliphatic carbocycles. The summed E-state index contributed by atoms with van der Waals surface area (Å²) < 4.78 is 15.2. The van der Waals surface area contributed by atoms with Crippen LogP contribution in [-0.4, -0.2) is 28.1 Å². The molecule has 0 bridgehead atoms. The number of hydrogen-bond acceptors (Lipinski definition) is 5. The molecule has 0 atom stereocenters. The first-order valence-electron chi connectivity index (χ1n) is 5.49. The zero-order valence-corrected chi connectivity index (χ0v) is 12.2. The highest BCUT2D eigenvalue weighted by molar-refractivity contribution is 6.42. The second-order valence-corrected chi connectivity index (χ2v) is 5.49. The van der Waals surface area contributed by atoms with E-state index in [4.69, 9.17) is 13.3 Å². The lowest BCUT2D eigenvalue weighted by Crippen LogP contribution is -2.34. The van der Waals surface area contributed by atoms with E-state index in [-0.39, 0.29) is 17.1 Å². The standard InChI is InChI=1S/C12H19O5Si/c1-8(2)7-15-18(16-11(13)9(3)4)17-12(14)10(5)6/h8H,3,5,7H2,1-2,4,6H3. The van der Waals surface area contributed by atoms with Crippen molar-refractivity contribution in [3.63, 3.8) is 0 Å². The largest absolute Gasteiger partial charge is 0.741 e. The maximum absolute atomic E-state index is 11.4. The van der Waals surface area contributed by atoms with Crippen LogP contribution < -0.4 is 0 Å². The van der Waals surface area contributed by atoms with Gasteiger partial charge in [0.15, 0.2) is 0 Å². The van der Waals surface area contributed by atoms with Crippen LogP contribution in [-0.2, 0) is 22.9 Å². The van der Waals surface area contributed by atoms with Crippen molar-refractivity contribution in [3.05, 3.63) is 24.3 Å². The fourth-order valence-electron chi connectivity index (χ4n) is 0.640. The van der Waals surface area contributed by atoms with Crippen molar-refractivity contribution in [1.82, 2.24) is 0 Å². The van der Waals surface area contributed by atoms with E-state index in [2.05, 4.69) is 13.2 Å². The van der Waals surface area contributed by atoms with Gasteiger partial charge in [0.05, 0.1) is 0 Å². The summed E-state index contributed by atoms with van der Waals surface area (Å²) in [5.41, 5.74) is 0.439. The lowest BCUT2D eigenvalue weighted by molar-refractivity contribution is -0.139. The SMILES string of the molecule is C=C(C)C(=O)O[Si](OCC(C)C)OC(=O)C(=C)C. The molecule has 0 saturated heterocycles. The van der Waals surface area contributed by atoms with E-state index in [0.29, 0.717) is 6.61 Å². The van der Waals surface area contributed by atoms with Gasteiger partial charge in [0.1, 0.15) is 0 Å². The first kappa shape index (κ1) is 16.6. The van der Waals surface area contributed by atoms with Gasteiger partial charge in [-0.15, -0.1) is 0 Å². The fourth-order valence-corrected chi connectivity index (χ4v) is 1.92. The van der Waals surface area contributed by atoms with Crippen LogP contribution in [0, 0.1) is 5.92 Å². The van der Waals surface area contributed by atoms with Crippen molar-refractivity contribution in [2.24, 2.45) is 5.92 Å². The van der Waals surface area contributed by atoms with Gasteiger partial charge in [0.25, 0.3) is 0 Å². The molecule has 101 valence electrons. The predicted molar refractivity (Wildman–Crippen MR) is 68.4 cm³/mol. The first-order valence-corrected chi connectivity index (χ1v) is 6.71. The number of rotatable bonds is 7. The molecule has 0 amide bonds. The predicted octanol–water partition coefficient (Wildman–Crippen LogP) is 1.88. The third-order valence-corrected chi connectivity index (χ3v) is 2.69. The fraction of sp³-hybridized carbons (Fsp3) is 0.500. The maximum Gasteiger partial charge on any atom is 0.741 e. The Morgan fingerprint density at radius 3 is 1.72 bits per heavy atom. The van der Waals surface area contributed by atoms with E-state index >= 15 is 0 Å². The summed E-state index contributed by atoms with van der Waals surface area (Å²) in [6.07, 6.45) is 0. The molecule has 0 unspecified atom stereocenters. The molecule has 0 heterocycles. The second-order valence-electron chi connectivity index (χ2n) is 4.29. The summed E-state index contributed by atoms with van der Waals surface area (Å²) in [7, 11) is -2.45. The van der Waals surface area contributed by atoms with Crippen LogP contribution in [0.3, 0.4) is 0 Å². The summed E-state index contributed by atoms with van der Waals surface area (Å²) in [6.45, 7) is 14.1. The van der Waals surface area contributed by atoms with Gasteiger partial charge in [-0.1, -0.05) is 27.0 Å². The van der Waals surface area contributed by atoms with Gasteiger partial charge in [-0.25, -0.2) is 9.59 Å². The Labute approximate surface area is 109 Å². The van der Waals surface area contributed by atoms with Gasteiger partial charge in [-0.2, -0.15) is 0 Å². The third-order valence-electron chi connectivity index (χ3n) is 1.58. The van der Waals surface area contributed by atoms with E-state index in [1.54, 1.807) is 0 Å². The zero-order chi connectivity index (χ0) is 14.3. The van der Waals surface area contributed by atoms with Crippen molar-refractivity contribution < 1.29 is 22.9 Å². The molecule has 0 spiro atoms. The topological polar surface area (TPSA) is 61.8 Å². The van der Waals surface area contributed by atoms with Crippen molar-refractivity contribution in [1.29, 1.82) is 0 Å². The van der Waals surface area contributed by atoms with Gasteiger partial charge >= 0.3 is 21.5 Å². The average molecular weight is 271 g/mol. The van der Waals surface area contributed by atoms with Gasteiger partial charge in [-0.05, 0) is 19.8 Å². The minimum atomic E-state index is -2.45. The van der Waals surface area contributed by atoms with Crippen LogP contribution in [0.5, 0.6) is 0 Å². The summed E-state index contributed by atoms with van der Waals surface area (Å²) in [5.74, 6) is -1.04. The van der Waals surface area contributed by atoms with Crippen molar-refractivity contribution in [2.45, 2.75) is 27.7 Å². The van der Waals surface area contributed by atoms with Crippen molar-refractivity contribution in [3.8, 4) is 0 Å². The Bertz CT molecular complexity index is 320. The smallest absolute Gasteiger partial charge is 0.457 e. The van der Waals surface area contributed by atoms with Crippen LogP contribution >= 0.6 is 0 Å². The van der Waals surface area contributed by atoms with Crippen LogP contribution in [0.25, 0.3) is 0 Å². The molecule has 0 N–H and O–H groups in total. The minimum absolute atomic E-state index is 0.219. The molecule has 1 radical (unpaired) electrons. The first-order chi connectivity index (χ1) is 8.23. The highest BCUT2D eigenvalue weighted by Crippen LogP contribution is 2.04. The lowest BCUT2D eigenvalue weighted by atomic mass is 10.2. The van der Waals surface area contributed by atoms with Crippen molar-refractivity contribution in [2.75, 3.05) is 6.61 Å². The van der Waals surface area contributed by atoms with E-state index in [1.165, 1.54) is 13.8 Å². The molecule has 0 saturated carbocycles. The molecule has 0 aliphatic heterocycles. The molecule has 0 rings (SSSR count). The van der Waals surface area contributed by atoms with E-state index in [0.717, 1.165) is 0 Å². The van der Waals surface area contributed by atoms with Gasteiger partial charge in [0.2, 0.25) is 0 Å². The Hall–Kier alpha value is -1.40. The Balaban J connectivity index is 4.51. The number of carbonyl (C=O) groups excluding carboxylic acids is 2. The zero-order valence-electron chi connectivity index (χ0n) is 11.2. The highest BCUT2D eigenvalue weighted by Gasteiger charge is 2.30. The molecule has 5 nitrogen and oxygen atoms in total. The molecule has 0 aromatic heterocycles. The summed E-state index contributed by atoms with van der Waals surface area (Å²) in [6, 6.07) is 0. The summed E-state index contributed by atoms with van der Waals surface area (Å²) >= 11 is 0. The number of carbonyl (C=O) groups is 2. The van der Waals surface area contributed by atoms with E-state index < -0.39 is 21.5 Å². The van der Waals surface area contributed by atoms with Crippen LogP contribution in [0.2, 0.25) is 0 Å². The highest BCUT2D eigenvalue weighted by atomic mass is 28.3. The van der Waals surface area contributed by atoms with Crippen LogP contribution in [0.15, 0.2) is 24.3 Å². The van der Waals surface area contributed by atoms with Crippen LogP contribution in [0.4, 0.5) is 0 Å². The second kappa shape index (κ2) is 7.83. The van der Waals surface area contributed by atoms with E-state index in [1.807, 2.05) is 13.8 Å². The number of hydrogen-bond donors (Lipinski definition) is 0. The molecule has 0 fully saturated rings. The molecule has 18 heavy (non-hydrogen) atoms. The monoisotopic (exact) mass is 271 g/mol. The molecular weight excluding hydrogens is 252 g/mol. The van der Waals surface area contributed by atoms with Gasteiger partial charge < -0.3 is 13.3 Å². The Kier molecular flexibility index (Phi) is 7.22. The van der Waals surface area contributed by atoms with Gasteiger partial charge in [0, 0.05) is 17.8 Å². The minimum Gasteiger partial charge on any atom is -0.457 e. The van der Waals surface area contributed by atoms with E-state index in [9.17, 15) is 9.59 Å². The van der Waals surface area contributed by atoms with Gasteiger partial charge in [-0.3, -0.25) is 0 Å². The molecular formula is C12H19O5Si.